The predicted molar refractivity (Wildman–Crippen MR) is 151 cm³/mol. The van der Waals surface area contributed by atoms with Gasteiger partial charge in [0, 0.05) is 55.7 Å². The van der Waals surface area contributed by atoms with Crippen LogP contribution in [0.1, 0.15) is 48.0 Å². The highest BCUT2D eigenvalue weighted by Gasteiger charge is 2.29. The van der Waals surface area contributed by atoms with Crippen LogP contribution in [-0.2, 0) is 11.2 Å². The van der Waals surface area contributed by atoms with Gasteiger partial charge in [0.15, 0.2) is 11.5 Å². The van der Waals surface area contributed by atoms with Crippen molar-refractivity contribution in [1.82, 2.24) is 34.9 Å². The number of aromatic nitrogens is 4. The van der Waals surface area contributed by atoms with E-state index in [1.807, 2.05) is 17.0 Å². The Labute approximate surface area is 227 Å². The molecule has 3 aliphatic rings. The van der Waals surface area contributed by atoms with E-state index in [-0.39, 0.29) is 11.9 Å². The average Bonchev–Trinajstić information content (AvgIpc) is 3.65. The standard InChI is InChI=1S/C30H32N8O/c1-2-27(39)36-14-16-37(17-15-36)35-25-10-7-20-18-21(8-9-22(20)25)38-29(23-4-3-13-32-28(23)31)34-26-12-11-24(19-5-6-19)33-30(26)38/h2-4,8-9,11-13,18-19,25,35H,1,5-7,10,14-17H2,(H2,31,32)/t25-/m0/s1. The number of anilines is 1. The van der Waals surface area contributed by atoms with E-state index in [2.05, 4.69) is 56.9 Å². The molecular weight excluding hydrogens is 488 g/mol. The minimum absolute atomic E-state index is 0.00608. The number of nitrogens with one attached hydrogen (secondary N) is 1. The summed E-state index contributed by atoms with van der Waals surface area (Å²) >= 11 is 0. The molecule has 198 valence electrons. The predicted octanol–water partition coefficient (Wildman–Crippen LogP) is 3.76. The van der Waals surface area contributed by atoms with Gasteiger partial charge in [-0.1, -0.05) is 12.6 Å². The van der Waals surface area contributed by atoms with Crippen LogP contribution in [-0.4, -0.2) is 61.5 Å². The average molecular weight is 521 g/mol. The number of nitrogens with two attached hydrogens (primary N) is 1. The van der Waals surface area contributed by atoms with Crippen molar-refractivity contribution in [3.05, 3.63) is 78.1 Å². The van der Waals surface area contributed by atoms with Crippen molar-refractivity contribution in [1.29, 1.82) is 0 Å². The number of aryl methyl sites for hydroxylation is 1. The first-order chi connectivity index (χ1) is 19.1. The quantitative estimate of drug-likeness (QED) is 0.373. The van der Waals surface area contributed by atoms with E-state index < -0.39 is 0 Å². The van der Waals surface area contributed by atoms with E-state index in [1.165, 1.54) is 30.0 Å². The van der Waals surface area contributed by atoms with E-state index in [0.717, 1.165) is 59.9 Å². The lowest BCUT2D eigenvalue weighted by molar-refractivity contribution is -0.128. The van der Waals surface area contributed by atoms with Gasteiger partial charge in [0.1, 0.15) is 11.3 Å². The number of nitrogen functional groups attached to an aromatic ring is 1. The molecule has 1 aromatic carbocycles. The van der Waals surface area contributed by atoms with Gasteiger partial charge in [-0.15, -0.1) is 0 Å². The Morgan fingerprint density at radius 1 is 1.05 bits per heavy atom. The zero-order chi connectivity index (χ0) is 26.5. The van der Waals surface area contributed by atoms with Gasteiger partial charge in [-0.2, -0.15) is 0 Å². The number of nitrogens with zero attached hydrogens (tertiary/aromatic N) is 6. The van der Waals surface area contributed by atoms with Crippen molar-refractivity contribution in [2.75, 3.05) is 31.9 Å². The summed E-state index contributed by atoms with van der Waals surface area (Å²) in [5.74, 6) is 1.77. The van der Waals surface area contributed by atoms with Crippen LogP contribution >= 0.6 is 0 Å². The molecule has 0 spiro atoms. The highest BCUT2D eigenvalue weighted by atomic mass is 16.2. The molecule has 3 aromatic heterocycles. The molecule has 1 aliphatic heterocycles. The third-order valence-electron chi connectivity index (χ3n) is 8.17. The van der Waals surface area contributed by atoms with Crippen LogP contribution in [0.25, 0.3) is 28.2 Å². The lowest BCUT2D eigenvalue weighted by Crippen LogP contribution is -2.53. The highest BCUT2D eigenvalue weighted by molar-refractivity contribution is 5.87. The number of amides is 1. The van der Waals surface area contributed by atoms with Crippen LogP contribution in [0.15, 0.2) is 61.3 Å². The van der Waals surface area contributed by atoms with Crippen LogP contribution in [0.5, 0.6) is 0 Å². The molecule has 4 heterocycles. The lowest BCUT2D eigenvalue weighted by Gasteiger charge is -2.36. The van der Waals surface area contributed by atoms with Gasteiger partial charge in [0.05, 0.1) is 5.56 Å². The molecule has 9 nitrogen and oxygen atoms in total. The Bertz CT molecular complexity index is 1580. The van der Waals surface area contributed by atoms with Gasteiger partial charge in [-0.3, -0.25) is 9.36 Å². The fraction of sp³-hybridized carbons (Fsp3) is 0.333. The van der Waals surface area contributed by atoms with Crippen molar-refractivity contribution < 1.29 is 4.79 Å². The second-order valence-corrected chi connectivity index (χ2v) is 10.7. The molecule has 1 saturated carbocycles. The molecule has 4 aromatic rings. The summed E-state index contributed by atoms with van der Waals surface area (Å²) in [7, 11) is 0. The van der Waals surface area contributed by atoms with Gasteiger partial charge in [-0.05, 0) is 79.3 Å². The fourth-order valence-corrected chi connectivity index (χ4v) is 5.89. The number of hydrazine groups is 1. The normalized spacial score (nSPS) is 19.4. The monoisotopic (exact) mass is 520 g/mol. The molecule has 2 aliphatic carbocycles. The summed E-state index contributed by atoms with van der Waals surface area (Å²) in [6.45, 7) is 6.63. The Kier molecular flexibility index (Phi) is 5.90. The fourth-order valence-electron chi connectivity index (χ4n) is 5.89. The van der Waals surface area contributed by atoms with Crippen LogP contribution in [0.2, 0.25) is 0 Å². The summed E-state index contributed by atoms with van der Waals surface area (Å²) in [5, 5.41) is 2.25. The second kappa shape index (κ2) is 9.59. The van der Waals surface area contributed by atoms with Crippen molar-refractivity contribution in [3.63, 3.8) is 0 Å². The van der Waals surface area contributed by atoms with Gasteiger partial charge >= 0.3 is 0 Å². The third kappa shape index (κ3) is 4.37. The molecule has 1 atom stereocenters. The topological polar surface area (TPSA) is 105 Å². The first-order valence-corrected chi connectivity index (χ1v) is 13.7. The number of imidazole rings is 1. The molecule has 0 bridgehead atoms. The number of benzene rings is 1. The Balaban J connectivity index is 1.21. The minimum atomic E-state index is 0.00608. The number of carbonyl (C=O) groups is 1. The Morgan fingerprint density at radius 3 is 2.67 bits per heavy atom. The van der Waals surface area contributed by atoms with Crippen LogP contribution in [0.3, 0.4) is 0 Å². The number of rotatable bonds is 6. The summed E-state index contributed by atoms with van der Waals surface area (Å²) < 4.78 is 2.14. The zero-order valence-corrected chi connectivity index (χ0v) is 21.9. The summed E-state index contributed by atoms with van der Waals surface area (Å²) in [4.78, 5) is 28.2. The van der Waals surface area contributed by atoms with Gasteiger partial charge < -0.3 is 10.6 Å². The van der Waals surface area contributed by atoms with E-state index in [1.54, 1.807) is 6.20 Å². The summed E-state index contributed by atoms with van der Waals surface area (Å²) in [5.41, 5.74) is 17.4. The van der Waals surface area contributed by atoms with E-state index >= 15 is 0 Å². The number of pyridine rings is 2. The SMILES string of the molecule is C=CC(=O)N1CCN(N[C@H]2CCc3cc(-n4c(-c5cccnc5N)nc5ccc(C6CC6)nc54)ccc32)CC1. The van der Waals surface area contributed by atoms with Gasteiger partial charge in [-0.25, -0.2) is 25.4 Å². The van der Waals surface area contributed by atoms with Crippen molar-refractivity contribution >= 4 is 22.9 Å². The number of fused-ring (bicyclic) bond motifs is 2. The van der Waals surface area contributed by atoms with Gasteiger partial charge in [0.2, 0.25) is 5.91 Å². The van der Waals surface area contributed by atoms with Crippen LogP contribution in [0, 0.1) is 0 Å². The van der Waals surface area contributed by atoms with E-state index in [9.17, 15) is 4.79 Å². The largest absolute Gasteiger partial charge is 0.383 e. The molecule has 1 amide bonds. The van der Waals surface area contributed by atoms with Crippen molar-refractivity contribution in [3.8, 4) is 17.1 Å². The smallest absolute Gasteiger partial charge is 0.246 e. The van der Waals surface area contributed by atoms with E-state index in [4.69, 9.17) is 15.7 Å². The molecule has 1 saturated heterocycles. The Morgan fingerprint density at radius 2 is 1.90 bits per heavy atom. The Hall–Kier alpha value is -4.08. The molecule has 0 unspecified atom stereocenters. The minimum Gasteiger partial charge on any atom is -0.383 e. The third-order valence-corrected chi connectivity index (χ3v) is 8.17. The van der Waals surface area contributed by atoms with E-state index in [0.29, 0.717) is 24.8 Å². The van der Waals surface area contributed by atoms with Crippen LogP contribution < -0.4 is 11.2 Å². The maximum absolute atomic E-state index is 11.9. The molecule has 2 fully saturated rings. The number of hydrogen-bond donors (Lipinski definition) is 2. The molecular formula is C30H32N8O. The lowest BCUT2D eigenvalue weighted by atomic mass is 10.1. The first-order valence-electron chi connectivity index (χ1n) is 13.7. The summed E-state index contributed by atoms with van der Waals surface area (Å²) in [6, 6.07) is 15.0. The number of hydrogen-bond acceptors (Lipinski definition) is 7. The number of carbonyl (C=O) groups excluding carboxylic acids is 1. The molecule has 9 heteroatoms. The zero-order valence-electron chi connectivity index (χ0n) is 21.9. The molecule has 39 heavy (non-hydrogen) atoms. The van der Waals surface area contributed by atoms with Crippen molar-refractivity contribution in [2.24, 2.45) is 0 Å². The molecule has 3 N–H and O–H groups in total. The maximum Gasteiger partial charge on any atom is 0.246 e. The maximum atomic E-state index is 11.9. The first kappa shape index (κ1) is 24.0. The highest BCUT2D eigenvalue weighted by Crippen LogP contribution is 2.41. The van der Waals surface area contributed by atoms with Crippen LogP contribution in [0.4, 0.5) is 5.82 Å². The van der Waals surface area contributed by atoms with Gasteiger partial charge in [0.25, 0.3) is 0 Å². The molecule has 0 radical (unpaired) electrons. The second-order valence-electron chi connectivity index (χ2n) is 10.7. The van der Waals surface area contributed by atoms with Crippen molar-refractivity contribution in [2.45, 2.75) is 37.6 Å². The summed E-state index contributed by atoms with van der Waals surface area (Å²) in [6.07, 6.45) is 7.52. The molecule has 7 rings (SSSR count). The number of piperazine rings is 1.